The Kier molecular flexibility index (Phi) is 4.81. The first-order chi connectivity index (χ1) is 11.2. The number of hydrogen-bond acceptors (Lipinski definition) is 4. The predicted octanol–water partition coefficient (Wildman–Crippen LogP) is 1.30. The Morgan fingerprint density at radius 3 is 2.04 bits per heavy atom. The third kappa shape index (κ3) is 3.34. The van der Waals surface area contributed by atoms with Crippen molar-refractivity contribution in [2.45, 2.75) is 12.8 Å². The second kappa shape index (κ2) is 6.64. The van der Waals surface area contributed by atoms with Crippen molar-refractivity contribution in [1.29, 1.82) is 0 Å². The highest BCUT2D eigenvalue weighted by Crippen LogP contribution is 2.29. The third-order valence-corrected chi connectivity index (χ3v) is 2.88. The van der Waals surface area contributed by atoms with Crippen LogP contribution in [0.2, 0.25) is 0 Å². The van der Waals surface area contributed by atoms with E-state index in [9.17, 15) is 36.3 Å². The fourth-order valence-corrected chi connectivity index (χ4v) is 1.70. The molecule has 0 fully saturated rings. The van der Waals surface area contributed by atoms with Crippen LogP contribution in [0.5, 0.6) is 5.75 Å². The highest BCUT2D eigenvalue weighted by molar-refractivity contribution is 5.72. The van der Waals surface area contributed by atoms with Gasteiger partial charge in [-0.3, -0.25) is 14.6 Å². The quantitative estimate of drug-likeness (QED) is 0.286. The summed E-state index contributed by atoms with van der Waals surface area (Å²) in [5.74, 6) is -14.6. The van der Waals surface area contributed by atoms with Crippen LogP contribution >= 0.6 is 0 Å². The lowest BCUT2D eigenvalue weighted by atomic mass is 10.2. The van der Waals surface area contributed by atoms with E-state index in [2.05, 4.69) is 9.72 Å². The minimum Gasteiger partial charge on any atom is -0.420 e. The number of carbonyl (C=O) groups is 1. The normalized spacial score (nSPS) is 10.7. The average molecular weight is 350 g/mol. The van der Waals surface area contributed by atoms with Crippen molar-refractivity contribution in [3.8, 4) is 5.75 Å². The molecule has 2 rings (SSSR count). The first-order valence-corrected chi connectivity index (χ1v) is 6.25. The van der Waals surface area contributed by atoms with E-state index in [0.717, 1.165) is 6.20 Å². The van der Waals surface area contributed by atoms with Gasteiger partial charge in [-0.15, -0.1) is 0 Å². The zero-order chi connectivity index (χ0) is 18.0. The molecule has 1 heterocycles. The number of aromatic amines is 2. The molecule has 24 heavy (non-hydrogen) atoms. The number of halogens is 5. The maximum atomic E-state index is 13.3. The summed E-state index contributed by atoms with van der Waals surface area (Å²) in [7, 11) is 0. The summed E-state index contributed by atoms with van der Waals surface area (Å²) in [5, 5.41) is 0. The van der Waals surface area contributed by atoms with Gasteiger partial charge in [0.1, 0.15) is 0 Å². The number of ether oxygens (including phenoxy) is 1. The summed E-state index contributed by atoms with van der Waals surface area (Å²) >= 11 is 0. The first kappa shape index (κ1) is 17.4. The van der Waals surface area contributed by atoms with Crippen LogP contribution in [0.15, 0.2) is 15.8 Å². The van der Waals surface area contributed by atoms with Crippen LogP contribution in [-0.4, -0.2) is 15.9 Å². The smallest absolute Gasteiger partial charge is 0.325 e. The maximum Gasteiger partial charge on any atom is 0.325 e. The molecule has 0 saturated carbocycles. The van der Waals surface area contributed by atoms with E-state index in [1.54, 1.807) is 0 Å². The summed E-state index contributed by atoms with van der Waals surface area (Å²) in [6.07, 6.45) is 0.0851. The number of aryl methyl sites for hydroxylation is 1. The van der Waals surface area contributed by atoms with Crippen LogP contribution in [0.25, 0.3) is 0 Å². The van der Waals surface area contributed by atoms with Gasteiger partial charge in [-0.25, -0.2) is 18.0 Å². The summed E-state index contributed by atoms with van der Waals surface area (Å²) < 4.78 is 69.6. The fourth-order valence-electron chi connectivity index (χ4n) is 1.70. The molecule has 2 aromatic rings. The Morgan fingerprint density at radius 1 is 0.958 bits per heavy atom. The Bertz CT molecular complexity index is 893. The molecular formula is C13H7F5N2O4. The largest absolute Gasteiger partial charge is 0.420 e. The summed E-state index contributed by atoms with van der Waals surface area (Å²) in [6.45, 7) is 0. The van der Waals surface area contributed by atoms with Crippen molar-refractivity contribution in [3.05, 3.63) is 61.7 Å². The van der Waals surface area contributed by atoms with Gasteiger partial charge in [-0.2, -0.15) is 8.78 Å². The Morgan fingerprint density at radius 2 is 1.50 bits per heavy atom. The lowest BCUT2D eigenvalue weighted by Crippen LogP contribution is -2.25. The Hall–Kier alpha value is -2.98. The zero-order valence-electron chi connectivity index (χ0n) is 11.5. The van der Waals surface area contributed by atoms with Crippen molar-refractivity contribution in [2.75, 3.05) is 0 Å². The monoisotopic (exact) mass is 350 g/mol. The molecule has 0 saturated heterocycles. The van der Waals surface area contributed by atoms with Crippen molar-refractivity contribution in [3.63, 3.8) is 0 Å². The van der Waals surface area contributed by atoms with E-state index in [1.807, 2.05) is 4.98 Å². The first-order valence-electron chi connectivity index (χ1n) is 6.25. The van der Waals surface area contributed by atoms with E-state index in [4.69, 9.17) is 0 Å². The number of hydrogen-bond donors (Lipinski definition) is 2. The molecule has 1 aromatic heterocycles. The summed E-state index contributed by atoms with van der Waals surface area (Å²) in [6, 6.07) is 0. The third-order valence-electron chi connectivity index (χ3n) is 2.88. The second-order valence-electron chi connectivity index (χ2n) is 4.47. The van der Waals surface area contributed by atoms with Crippen molar-refractivity contribution in [2.24, 2.45) is 0 Å². The van der Waals surface area contributed by atoms with Gasteiger partial charge in [0.05, 0.1) is 6.42 Å². The molecule has 0 bridgehead atoms. The number of carbonyl (C=O) groups excluding carboxylic acids is 1. The lowest BCUT2D eigenvalue weighted by molar-refractivity contribution is -0.134. The number of aromatic nitrogens is 2. The van der Waals surface area contributed by atoms with Gasteiger partial charge in [0, 0.05) is 11.8 Å². The van der Waals surface area contributed by atoms with Crippen molar-refractivity contribution in [1.82, 2.24) is 9.97 Å². The number of esters is 1. The summed E-state index contributed by atoms with van der Waals surface area (Å²) in [5.41, 5.74) is -1.64. The van der Waals surface area contributed by atoms with Gasteiger partial charge >= 0.3 is 11.7 Å². The Labute approximate surface area is 128 Å². The molecule has 0 aliphatic heterocycles. The average Bonchev–Trinajstić information content (AvgIpc) is 2.54. The molecule has 0 spiro atoms. The highest BCUT2D eigenvalue weighted by Gasteiger charge is 2.28. The highest BCUT2D eigenvalue weighted by atomic mass is 19.2. The van der Waals surface area contributed by atoms with Crippen molar-refractivity contribution < 1.29 is 31.5 Å². The predicted molar refractivity (Wildman–Crippen MR) is 67.9 cm³/mol. The van der Waals surface area contributed by atoms with Gasteiger partial charge in [0.25, 0.3) is 5.56 Å². The molecule has 0 unspecified atom stereocenters. The van der Waals surface area contributed by atoms with Gasteiger partial charge in [0.15, 0.2) is 0 Å². The van der Waals surface area contributed by atoms with Gasteiger partial charge in [0.2, 0.25) is 34.8 Å². The molecule has 128 valence electrons. The molecule has 1 aromatic carbocycles. The van der Waals surface area contributed by atoms with Crippen LogP contribution in [0.4, 0.5) is 22.0 Å². The molecule has 0 aliphatic carbocycles. The lowest BCUT2D eigenvalue weighted by Gasteiger charge is -2.08. The van der Waals surface area contributed by atoms with E-state index < -0.39 is 58.5 Å². The van der Waals surface area contributed by atoms with Gasteiger partial charge in [-0.1, -0.05) is 0 Å². The molecule has 0 radical (unpaired) electrons. The molecule has 6 nitrogen and oxygen atoms in total. The maximum absolute atomic E-state index is 13.3. The van der Waals surface area contributed by atoms with Crippen LogP contribution in [0.3, 0.4) is 0 Å². The minimum atomic E-state index is -2.38. The number of nitrogens with one attached hydrogen (secondary N) is 2. The molecule has 2 N–H and O–H groups in total. The second-order valence-corrected chi connectivity index (χ2v) is 4.47. The molecule has 0 amide bonds. The minimum absolute atomic E-state index is 0.0519. The van der Waals surface area contributed by atoms with E-state index in [1.165, 1.54) is 0 Å². The zero-order valence-corrected chi connectivity index (χ0v) is 11.5. The van der Waals surface area contributed by atoms with Crippen molar-refractivity contribution >= 4 is 5.97 Å². The molecule has 0 atom stereocenters. The SMILES string of the molecule is O=C(CCc1c[nH]c(=O)[nH]c1=O)Oc1c(F)c(F)c(F)c(F)c1F. The van der Waals surface area contributed by atoms with E-state index in [0.29, 0.717) is 0 Å². The molecular weight excluding hydrogens is 343 g/mol. The standard InChI is InChI=1S/C13H7F5N2O4/c14-6-7(15)9(17)11(10(18)8(6)16)24-5(21)2-1-4-3-19-13(23)20-12(4)22/h3H,1-2H2,(H2,19,20,22,23). The van der Waals surface area contributed by atoms with E-state index in [-0.39, 0.29) is 12.0 Å². The number of H-pyrrole nitrogens is 2. The molecule has 11 heteroatoms. The van der Waals surface area contributed by atoms with Crippen LogP contribution < -0.4 is 16.0 Å². The number of benzene rings is 1. The Balaban J connectivity index is 2.16. The summed E-state index contributed by atoms with van der Waals surface area (Å²) in [4.78, 5) is 37.7. The van der Waals surface area contributed by atoms with Crippen LogP contribution in [0, 0.1) is 29.1 Å². The van der Waals surface area contributed by atoms with Crippen LogP contribution in [0.1, 0.15) is 12.0 Å². The van der Waals surface area contributed by atoms with E-state index >= 15 is 0 Å². The topological polar surface area (TPSA) is 92.0 Å². The fraction of sp³-hybridized carbons (Fsp3) is 0.154. The molecule has 0 aliphatic rings. The number of rotatable bonds is 4. The van der Waals surface area contributed by atoms with Gasteiger partial charge in [-0.05, 0) is 6.42 Å². The van der Waals surface area contributed by atoms with Gasteiger partial charge < -0.3 is 9.72 Å². The van der Waals surface area contributed by atoms with Crippen LogP contribution in [-0.2, 0) is 11.2 Å².